The average molecular weight is 416 g/mol. The molecule has 0 amide bonds. The van der Waals surface area contributed by atoms with Gasteiger partial charge in [-0.1, -0.05) is 25.1 Å². The molecule has 0 saturated carbocycles. The molecule has 0 aromatic heterocycles. The number of hydrogen-bond donors (Lipinski definition) is 1. The van der Waals surface area contributed by atoms with Crippen LogP contribution in [-0.2, 0) is 0 Å². The summed E-state index contributed by atoms with van der Waals surface area (Å²) in [5, 5.41) is 3.49. The summed E-state index contributed by atoms with van der Waals surface area (Å²) in [4.78, 5) is 12.5. The Morgan fingerprint density at radius 1 is 0.967 bits per heavy atom. The van der Waals surface area contributed by atoms with Crippen molar-refractivity contribution in [1.29, 1.82) is 0 Å². The number of guanidine groups is 1. The van der Waals surface area contributed by atoms with Crippen molar-refractivity contribution in [3.63, 3.8) is 0 Å². The lowest BCUT2D eigenvalue weighted by Crippen LogP contribution is -2.47. The Bertz CT molecular complexity index is 607. The van der Waals surface area contributed by atoms with Gasteiger partial charge in [0.25, 0.3) is 0 Å². The van der Waals surface area contributed by atoms with Crippen molar-refractivity contribution in [3.8, 4) is 5.75 Å². The molecular weight excluding hydrogens is 374 g/mol. The molecule has 168 valence electrons. The van der Waals surface area contributed by atoms with E-state index < -0.39 is 0 Å². The number of ether oxygens (including phenoxy) is 1. The number of hydrogen-bond acceptors (Lipinski definition) is 4. The molecule has 0 radical (unpaired) electrons. The summed E-state index contributed by atoms with van der Waals surface area (Å²) in [6.07, 6.45) is 4.80. The fraction of sp³-hybridized carbons (Fsp3) is 0.708. The fourth-order valence-electron chi connectivity index (χ4n) is 4.26. The summed E-state index contributed by atoms with van der Waals surface area (Å²) < 4.78 is 6.13. The van der Waals surface area contributed by atoms with Crippen molar-refractivity contribution < 1.29 is 4.74 Å². The molecule has 2 heterocycles. The van der Waals surface area contributed by atoms with Crippen LogP contribution in [0.25, 0.3) is 0 Å². The summed E-state index contributed by atoms with van der Waals surface area (Å²) in [5.41, 5.74) is 0. The van der Waals surface area contributed by atoms with Gasteiger partial charge in [0.2, 0.25) is 0 Å². The van der Waals surface area contributed by atoms with Gasteiger partial charge in [0.05, 0.1) is 0 Å². The number of aliphatic imine (C=N–C) groups is 1. The maximum Gasteiger partial charge on any atom is 0.193 e. The lowest BCUT2D eigenvalue weighted by molar-refractivity contribution is 0.129. The third-order valence-electron chi connectivity index (χ3n) is 6.18. The van der Waals surface area contributed by atoms with Gasteiger partial charge in [-0.3, -0.25) is 4.99 Å². The predicted octanol–water partition coefficient (Wildman–Crippen LogP) is 2.91. The Kier molecular flexibility index (Phi) is 9.77. The summed E-state index contributed by atoms with van der Waals surface area (Å²) in [5.74, 6) is 2.06. The van der Waals surface area contributed by atoms with Crippen LogP contribution in [0.5, 0.6) is 5.75 Å². The quantitative estimate of drug-likeness (QED) is 0.382. The van der Waals surface area contributed by atoms with Crippen molar-refractivity contribution in [1.82, 2.24) is 20.0 Å². The molecule has 2 aliphatic heterocycles. The number of nitrogens with zero attached hydrogens (tertiary/aromatic N) is 4. The summed E-state index contributed by atoms with van der Waals surface area (Å²) in [7, 11) is 0. The van der Waals surface area contributed by atoms with Crippen LogP contribution < -0.4 is 10.1 Å². The van der Waals surface area contributed by atoms with Crippen LogP contribution in [0.1, 0.15) is 39.5 Å². The number of piperazine rings is 1. The number of piperidine rings is 1. The Hall–Kier alpha value is -1.79. The predicted molar refractivity (Wildman–Crippen MR) is 125 cm³/mol. The topological polar surface area (TPSA) is 43.3 Å². The third kappa shape index (κ3) is 7.47. The van der Waals surface area contributed by atoms with Crippen LogP contribution in [0.2, 0.25) is 0 Å². The van der Waals surface area contributed by atoms with Crippen molar-refractivity contribution in [2.45, 2.75) is 45.6 Å². The highest BCUT2D eigenvalue weighted by atomic mass is 16.5. The second kappa shape index (κ2) is 12.8. The number of likely N-dealkylation sites (tertiary alicyclic amines) is 1. The minimum Gasteiger partial charge on any atom is -0.490 e. The van der Waals surface area contributed by atoms with Gasteiger partial charge in [-0.2, -0.15) is 0 Å². The maximum absolute atomic E-state index is 6.13. The minimum atomic E-state index is 0.305. The van der Waals surface area contributed by atoms with Crippen LogP contribution in [0, 0.1) is 0 Å². The third-order valence-corrected chi connectivity index (χ3v) is 6.18. The smallest absolute Gasteiger partial charge is 0.193 e. The van der Waals surface area contributed by atoms with Gasteiger partial charge in [-0.25, -0.2) is 0 Å². The normalized spacial score (nSPS) is 19.8. The van der Waals surface area contributed by atoms with E-state index in [0.717, 1.165) is 57.2 Å². The molecule has 0 spiro atoms. The Morgan fingerprint density at radius 3 is 2.33 bits per heavy atom. The highest BCUT2D eigenvalue weighted by Crippen LogP contribution is 2.18. The first-order valence-corrected chi connectivity index (χ1v) is 12.0. The van der Waals surface area contributed by atoms with E-state index >= 15 is 0 Å². The molecule has 0 unspecified atom stereocenters. The van der Waals surface area contributed by atoms with Crippen LogP contribution in [0.4, 0.5) is 0 Å². The number of nitrogens with one attached hydrogen (secondary N) is 1. The zero-order chi connectivity index (χ0) is 21.0. The molecule has 0 bridgehead atoms. The molecule has 1 N–H and O–H groups in total. The standard InChI is InChI=1S/C24H41N5O/c1-3-25-24(26-14-8-9-15-28-20-18-27(4-2)19-21-28)29-16-12-23(13-17-29)30-22-10-6-5-7-11-22/h5-7,10-11,23H,3-4,8-9,12-21H2,1-2H3,(H,25,26). The van der Waals surface area contributed by atoms with E-state index in [4.69, 9.17) is 9.73 Å². The molecule has 2 aliphatic rings. The molecule has 0 aliphatic carbocycles. The molecule has 6 nitrogen and oxygen atoms in total. The number of rotatable bonds is 9. The van der Waals surface area contributed by atoms with Crippen molar-refractivity contribution in [2.24, 2.45) is 4.99 Å². The molecule has 1 aromatic carbocycles. The number of unbranched alkanes of at least 4 members (excludes halogenated alkanes) is 1. The zero-order valence-corrected chi connectivity index (χ0v) is 19.1. The Labute approximate surface area is 183 Å². The molecule has 2 saturated heterocycles. The molecule has 2 fully saturated rings. The molecule has 6 heteroatoms. The van der Waals surface area contributed by atoms with E-state index in [-0.39, 0.29) is 0 Å². The van der Waals surface area contributed by atoms with Crippen LogP contribution >= 0.6 is 0 Å². The number of para-hydroxylation sites is 1. The van der Waals surface area contributed by atoms with E-state index in [0.29, 0.717) is 6.10 Å². The van der Waals surface area contributed by atoms with E-state index in [1.54, 1.807) is 0 Å². The van der Waals surface area contributed by atoms with Crippen LogP contribution in [0.15, 0.2) is 35.3 Å². The Balaban J connectivity index is 1.35. The average Bonchev–Trinajstić information content (AvgIpc) is 2.80. The molecule has 0 atom stereocenters. The Morgan fingerprint density at radius 2 is 1.67 bits per heavy atom. The summed E-state index contributed by atoms with van der Waals surface area (Å²) in [6, 6.07) is 10.2. The SMILES string of the molecule is CCNC(=NCCCCN1CCN(CC)CC1)N1CCC(Oc2ccccc2)CC1. The first kappa shape index (κ1) is 22.9. The second-order valence-corrected chi connectivity index (χ2v) is 8.34. The highest BCUT2D eigenvalue weighted by Gasteiger charge is 2.22. The maximum atomic E-state index is 6.13. The lowest BCUT2D eigenvalue weighted by Gasteiger charge is -2.34. The minimum absolute atomic E-state index is 0.305. The van der Waals surface area contributed by atoms with Gasteiger partial charge < -0.3 is 24.8 Å². The first-order valence-electron chi connectivity index (χ1n) is 12.0. The lowest BCUT2D eigenvalue weighted by atomic mass is 10.1. The van der Waals surface area contributed by atoms with Crippen LogP contribution in [0.3, 0.4) is 0 Å². The molecule has 30 heavy (non-hydrogen) atoms. The number of benzene rings is 1. The largest absolute Gasteiger partial charge is 0.490 e. The highest BCUT2D eigenvalue weighted by molar-refractivity contribution is 5.80. The van der Waals surface area contributed by atoms with Crippen molar-refractivity contribution >= 4 is 5.96 Å². The van der Waals surface area contributed by atoms with Crippen molar-refractivity contribution in [2.75, 3.05) is 65.4 Å². The van der Waals surface area contributed by atoms with E-state index in [1.165, 1.54) is 45.7 Å². The monoisotopic (exact) mass is 415 g/mol. The van der Waals surface area contributed by atoms with E-state index in [1.807, 2.05) is 30.3 Å². The van der Waals surface area contributed by atoms with Gasteiger partial charge in [-0.15, -0.1) is 0 Å². The molecule has 3 rings (SSSR count). The van der Waals surface area contributed by atoms with Gasteiger partial charge in [0, 0.05) is 65.2 Å². The fourth-order valence-corrected chi connectivity index (χ4v) is 4.26. The first-order chi connectivity index (χ1) is 14.8. The second-order valence-electron chi connectivity index (χ2n) is 8.34. The summed E-state index contributed by atoms with van der Waals surface area (Å²) in [6.45, 7) is 15.5. The van der Waals surface area contributed by atoms with E-state index in [2.05, 4.69) is 33.9 Å². The van der Waals surface area contributed by atoms with Gasteiger partial charge in [-0.05, 0) is 45.0 Å². The van der Waals surface area contributed by atoms with E-state index in [9.17, 15) is 0 Å². The van der Waals surface area contributed by atoms with Gasteiger partial charge in [0.1, 0.15) is 11.9 Å². The molecule has 1 aromatic rings. The van der Waals surface area contributed by atoms with Crippen LogP contribution in [-0.4, -0.2) is 92.2 Å². The summed E-state index contributed by atoms with van der Waals surface area (Å²) >= 11 is 0. The number of likely N-dealkylation sites (N-methyl/N-ethyl adjacent to an activating group) is 1. The molecular formula is C24H41N5O. The van der Waals surface area contributed by atoms with Crippen molar-refractivity contribution in [3.05, 3.63) is 30.3 Å². The zero-order valence-electron chi connectivity index (χ0n) is 19.1. The van der Waals surface area contributed by atoms with Gasteiger partial charge >= 0.3 is 0 Å². The van der Waals surface area contributed by atoms with Gasteiger partial charge in [0.15, 0.2) is 5.96 Å².